The Bertz CT molecular complexity index is 1140. The average molecular weight is 448 g/mol. The lowest BCUT2D eigenvalue weighted by Crippen LogP contribution is -2.42. The molecule has 0 spiro atoms. The van der Waals surface area contributed by atoms with Gasteiger partial charge in [-0.25, -0.2) is 9.67 Å². The number of rotatable bonds is 5. The molecule has 0 unspecified atom stereocenters. The number of hydrogen-bond acceptors (Lipinski definition) is 5. The van der Waals surface area contributed by atoms with Crippen molar-refractivity contribution in [2.45, 2.75) is 53.1 Å². The zero-order valence-electron chi connectivity index (χ0n) is 20.1. The maximum Gasteiger partial charge on any atom is 0.259 e. The predicted octanol–water partition coefficient (Wildman–Crippen LogP) is 4.43. The van der Waals surface area contributed by atoms with Gasteiger partial charge in [0.2, 0.25) is 0 Å². The van der Waals surface area contributed by atoms with Gasteiger partial charge in [-0.3, -0.25) is 4.79 Å². The van der Waals surface area contributed by atoms with Crippen LogP contribution in [0.2, 0.25) is 0 Å². The zero-order chi connectivity index (χ0) is 23.8. The maximum atomic E-state index is 12.9. The number of anilines is 2. The number of hydrogen-bond donors (Lipinski definition) is 2. The highest BCUT2D eigenvalue weighted by molar-refractivity contribution is 6.05. The van der Waals surface area contributed by atoms with Crippen molar-refractivity contribution in [2.24, 2.45) is 5.92 Å². The molecule has 1 aliphatic rings. The SMILES string of the molecule is Cc1ccc(-n2ncc(C(=O)Nc3cnc(N4CCC(C(C)(C)O)CC4)c(C)c3)c2C)cc1. The van der Waals surface area contributed by atoms with E-state index in [2.05, 4.69) is 20.3 Å². The molecule has 3 heterocycles. The van der Waals surface area contributed by atoms with Gasteiger partial charge in [0.05, 0.1) is 40.6 Å². The highest BCUT2D eigenvalue weighted by Crippen LogP contribution is 2.31. The van der Waals surface area contributed by atoms with Crippen molar-refractivity contribution < 1.29 is 9.90 Å². The second-order valence-corrected chi connectivity index (χ2v) is 9.62. The number of aryl methyl sites for hydroxylation is 2. The molecular formula is C26H33N5O2. The minimum Gasteiger partial charge on any atom is -0.390 e. The quantitative estimate of drug-likeness (QED) is 0.604. The Labute approximate surface area is 195 Å². The molecule has 1 aliphatic heterocycles. The molecule has 1 amide bonds. The third kappa shape index (κ3) is 4.93. The van der Waals surface area contributed by atoms with Crippen LogP contribution in [0.5, 0.6) is 0 Å². The molecule has 33 heavy (non-hydrogen) atoms. The fraction of sp³-hybridized carbons (Fsp3) is 0.423. The van der Waals surface area contributed by atoms with Gasteiger partial charge in [0.15, 0.2) is 0 Å². The van der Waals surface area contributed by atoms with Gasteiger partial charge < -0.3 is 15.3 Å². The Morgan fingerprint density at radius 2 is 1.76 bits per heavy atom. The zero-order valence-corrected chi connectivity index (χ0v) is 20.1. The van der Waals surface area contributed by atoms with Crippen LogP contribution in [0.15, 0.2) is 42.7 Å². The third-order valence-corrected chi connectivity index (χ3v) is 6.64. The van der Waals surface area contributed by atoms with Crippen molar-refractivity contribution in [1.82, 2.24) is 14.8 Å². The Kier molecular flexibility index (Phi) is 6.26. The van der Waals surface area contributed by atoms with Crippen molar-refractivity contribution >= 4 is 17.4 Å². The number of benzene rings is 1. The van der Waals surface area contributed by atoms with E-state index >= 15 is 0 Å². The number of carbonyl (C=O) groups is 1. The summed E-state index contributed by atoms with van der Waals surface area (Å²) in [7, 11) is 0. The van der Waals surface area contributed by atoms with Gasteiger partial charge in [-0.2, -0.15) is 5.10 Å². The van der Waals surface area contributed by atoms with Gasteiger partial charge >= 0.3 is 0 Å². The highest BCUT2D eigenvalue weighted by Gasteiger charge is 2.31. The molecular weight excluding hydrogens is 414 g/mol. The summed E-state index contributed by atoms with van der Waals surface area (Å²) in [5.74, 6) is 1.04. The average Bonchev–Trinajstić information content (AvgIpc) is 3.15. The summed E-state index contributed by atoms with van der Waals surface area (Å²) in [6.45, 7) is 11.5. The molecule has 0 bridgehead atoms. The second kappa shape index (κ2) is 8.98. The maximum absolute atomic E-state index is 12.9. The van der Waals surface area contributed by atoms with Crippen LogP contribution < -0.4 is 10.2 Å². The van der Waals surface area contributed by atoms with Gasteiger partial charge in [-0.05, 0) is 77.1 Å². The van der Waals surface area contributed by atoms with Crippen molar-refractivity contribution in [3.63, 3.8) is 0 Å². The summed E-state index contributed by atoms with van der Waals surface area (Å²) in [5.41, 5.74) is 4.45. The molecule has 0 radical (unpaired) electrons. The second-order valence-electron chi connectivity index (χ2n) is 9.62. The van der Waals surface area contributed by atoms with E-state index in [1.807, 2.05) is 65.0 Å². The number of nitrogens with one attached hydrogen (secondary N) is 1. The summed E-state index contributed by atoms with van der Waals surface area (Å²) in [4.78, 5) is 19.8. The monoisotopic (exact) mass is 447 g/mol. The van der Waals surface area contributed by atoms with Crippen LogP contribution in [-0.4, -0.2) is 44.5 Å². The van der Waals surface area contributed by atoms with Crippen LogP contribution >= 0.6 is 0 Å². The number of carbonyl (C=O) groups excluding carboxylic acids is 1. The number of amides is 1. The molecule has 0 aliphatic carbocycles. The lowest BCUT2D eigenvalue weighted by Gasteiger charge is -2.38. The smallest absolute Gasteiger partial charge is 0.259 e. The predicted molar refractivity (Wildman–Crippen MR) is 131 cm³/mol. The Hall–Kier alpha value is -3.19. The van der Waals surface area contributed by atoms with Crippen LogP contribution in [-0.2, 0) is 0 Å². The normalized spacial score (nSPS) is 15.0. The first kappa shape index (κ1) is 23.0. The van der Waals surface area contributed by atoms with Crippen molar-refractivity contribution in [2.75, 3.05) is 23.3 Å². The number of nitrogens with zero attached hydrogens (tertiary/aromatic N) is 4. The number of pyridine rings is 1. The molecule has 1 fully saturated rings. The van der Waals surface area contributed by atoms with Gasteiger partial charge in [0.1, 0.15) is 5.82 Å². The van der Waals surface area contributed by atoms with E-state index in [0.717, 1.165) is 48.7 Å². The topological polar surface area (TPSA) is 83.3 Å². The van der Waals surface area contributed by atoms with Gasteiger partial charge in [-0.15, -0.1) is 0 Å². The van der Waals surface area contributed by atoms with E-state index in [1.165, 1.54) is 5.56 Å². The first-order valence-electron chi connectivity index (χ1n) is 11.5. The van der Waals surface area contributed by atoms with E-state index in [-0.39, 0.29) is 5.91 Å². The molecule has 1 saturated heterocycles. The molecule has 1 aromatic carbocycles. The summed E-state index contributed by atoms with van der Waals surface area (Å²) < 4.78 is 1.78. The first-order valence-corrected chi connectivity index (χ1v) is 11.5. The van der Waals surface area contributed by atoms with E-state index < -0.39 is 5.60 Å². The standard InChI is InChI=1S/C26H33N5O2/c1-17-6-8-22(9-7-17)31-19(3)23(16-28-31)25(32)29-21-14-18(2)24(27-15-21)30-12-10-20(11-13-30)26(4,5)33/h6-9,14-16,20,33H,10-13H2,1-5H3,(H,29,32). The van der Waals surface area contributed by atoms with Gasteiger partial charge in [0, 0.05) is 13.1 Å². The van der Waals surface area contributed by atoms with Crippen molar-refractivity contribution in [3.05, 3.63) is 65.1 Å². The van der Waals surface area contributed by atoms with E-state index in [4.69, 9.17) is 0 Å². The third-order valence-electron chi connectivity index (χ3n) is 6.64. The molecule has 3 aromatic rings. The highest BCUT2D eigenvalue weighted by atomic mass is 16.3. The van der Waals surface area contributed by atoms with Crippen LogP contribution in [0.25, 0.3) is 5.69 Å². The van der Waals surface area contributed by atoms with Crippen molar-refractivity contribution in [3.8, 4) is 5.69 Å². The minimum atomic E-state index is -0.645. The van der Waals surface area contributed by atoms with E-state index in [9.17, 15) is 9.90 Å². The largest absolute Gasteiger partial charge is 0.390 e. The van der Waals surface area contributed by atoms with Gasteiger partial charge in [-0.1, -0.05) is 17.7 Å². The van der Waals surface area contributed by atoms with Crippen LogP contribution in [0.1, 0.15) is 53.9 Å². The van der Waals surface area contributed by atoms with Gasteiger partial charge in [0.25, 0.3) is 5.91 Å². The summed E-state index contributed by atoms with van der Waals surface area (Å²) in [6.07, 6.45) is 5.19. The van der Waals surface area contributed by atoms with Crippen LogP contribution in [0.3, 0.4) is 0 Å². The molecule has 2 N–H and O–H groups in total. The van der Waals surface area contributed by atoms with Crippen LogP contribution in [0.4, 0.5) is 11.5 Å². The lowest BCUT2D eigenvalue weighted by molar-refractivity contribution is 0.00645. The molecule has 2 aromatic heterocycles. The molecule has 174 valence electrons. The summed E-state index contributed by atoms with van der Waals surface area (Å²) >= 11 is 0. The van der Waals surface area contributed by atoms with E-state index in [0.29, 0.717) is 17.2 Å². The number of piperidine rings is 1. The molecule has 7 nitrogen and oxygen atoms in total. The van der Waals surface area contributed by atoms with Crippen molar-refractivity contribution in [1.29, 1.82) is 0 Å². The number of aromatic nitrogens is 3. The molecule has 0 atom stereocenters. The minimum absolute atomic E-state index is 0.203. The Balaban J connectivity index is 1.44. The molecule has 4 rings (SSSR count). The van der Waals surface area contributed by atoms with E-state index in [1.54, 1.807) is 17.1 Å². The molecule has 0 saturated carbocycles. The molecule has 7 heteroatoms. The number of aliphatic hydroxyl groups is 1. The first-order chi connectivity index (χ1) is 15.6. The summed E-state index contributed by atoms with van der Waals surface area (Å²) in [5, 5.41) is 17.7. The summed E-state index contributed by atoms with van der Waals surface area (Å²) in [6, 6.07) is 10.0. The fourth-order valence-corrected chi connectivity index (χ4v) is 4.54. The lowest BCUT2D eigenvalue weighted by atomic mass is 9.83. The Morgan fingerprint density at radius 1 is 1.09 bits per heavy atom. The Morgan fingerprint density at radius 3 is 2.36 bits per heavy atom. The van der Waals surface area contributed by atoms with Crippen LogP contribution in [0, 0.1) is 26.7 Å². The fourth-order valence-electron chi connectivity index (χ4n) is 4.54.